The van der Waals surface area contributed by atoms with Gasteiger partial charge in [-0.2, -0.15) is 0 Å². The van der Waals surface area contributed by atoms with E-state index in [2.05, 4.69) is 10.3 Å². The number of aromatic nitrogens is 2. The highest BCUT2D eigenvalue weighted by Crippen LogP contribution is 2.38. The van der Waals surface area contributed by atoms with Crippen molar-refractivity contribution in [3.05, 3.63) is 69.3 Å². The first kappa shape index (κ1) is 28.8. The van der Waals surface area contributed by atoms with Gasteiger partial charge in [0.2, 0.25) is 0 Å². The molecule has 3 N–H and O–H groups in total. The van der Waals surface area contributed by atoms with Gasteiger partial charge in [-0.25, -0.2) is 4.98 Å². The number of rotatable bonds is 9. The molecule has 212 valence electrons. The molecule has 3 aromatic rings. The van der Waals surface area contributed by atoms with E-state index in [9.17, 15) is 24.6 Å². The minimum atomic E-state index is -1.11. The van der Waals surface area contributed by atoms with Crippen LogP contribution in [0.15, 0.2) is 41.3 Å². The zero-order valence-corrected chi connectivity index (χ0v) is 23.3. The summed E-state index contributed by atoms with van der Waals surface area (Å²) in [7, 11) is 3.02. The Morgan fingerprint density at radius 3 is 2.65 bits per heavy atom. The maximum Gasteiger partial charge on any atom is 0.309 e. The first-order valence-corrected chi connectivity index (χ1v) is 12.8. The third-order valence-electron chi connectivity index (χ3n) is 6.67. The number of carbonyl (C=O) groups is 2. The molecule has 0 spiro atoms. The van der Waals surface area contributed by atoms with Gasteiger partial charge < -0.3 is 34.5 Å². The van der Waals surface area contributed by atoms with Crippen molar-refractivity contribution in [2.24, 2.45) is 7.05 Å². The third kappa shape index (κ3) is 6.16. The summed E-state index contributed by atoms with van der Waals surface area (Å²) in [6.45, 7) is 6.76. The number of nitrogens with zero attached hydrogens (tertiary/aromatic N) is 3. The largest absolute Gasteiger partial charge is 0.490 e. The Kier molecular flexibility index (Phi) is 8.26. The number of benzene rings is 1. The molecule has 11 heteroatoms. The van der Waals surface area contributed by atoms with Gasteiger partial charge in [0.05, 0.1) is 30.9 Å². The molecule has 0 aliphatic carbocycles. The lowest BCUT2D eigenvalue weighted by atomic mass is 9.92. The van der Waals surface area contributed by atoms with Gasteiger partial charge in [0.25, 0.3) is 11.5 Å². The number of aliphatic hydroxyl groups is 1. The summed E-state index contributed by atoms with van der Waals surface area (Å²) in [4.78, 5) is 44.9. The number of aliphatic carboxylic acids is 1. The Bertz CT molecular complexity index is 1510. The van der Waals surface area contributed by atoms with Crippen molar-refractivity contribution in [3.63, 3.8) is 0 Å². The summed E-state index contributed by atoms with van der Waals surface area (Å²) in [6.07, 6.45) is 1.11. The number of fused-ring (bicyclic) bond motifs is 1. The lowest BCUT2D eigenvalue weighted by Gasteiger charge is -2.35. The summed E-state index contributed by atoms with van der Waals surface area (Å²) >= 11 is 0. The standard InChI is InChI=1S/C29H34N4O7/c1-17-25(19-6-7-22-20(13-19)33(10-11-40-22)16-29(2,3)38)21(14-24(34)35)32(4)28(37)26(17)27(36)31-23-12-18(15-39-5)8-9-30-23/h6-9,12-13,38H,10-11,14-16H2,1-5H3,(H,34,35)(H,30,31,36). The molecule has 1 aliphatic heterocycles. The number of pyridine rings is 2. The molecular weight excluding hydrogens is 516 g/mol. The maximum atomic E-state index is 13.5. The van der Waals surface area contributed by atoms with Crippen LogP contribution in [0.5, 0.6) is 5.75 Å². The summed E-state index contributed by atoms with van der Waals surface area (Å²) in [5, 5.41) is 22.8. The molecule has 11 nitrogen and oxygen atoms in total. The predicted octanol–water partition coefficient (Wildman–Crippen LogP) is 2.75. The number of β-amino-alcohol motifs (C(OH)–C–C–N with tert-alkyl or cyclic N) is 1. The van der Waals surface area contributed by atoms with E-state index in [-0.39, 0.29) is 17.1 Å². The predicted molar refractivity (Wildman–Crippen MR) is 150 cm³/mol. The van der Waals surface area contributed by atoms with Crippen molar-refractivity contribution in [1.82, 2.24) is 9.55 Å². The first-order valence-electron chi connectivity index (χ1n) is 12.8. The zero-order valence-electron chi connectivity index (χ0n) is 23.3. The van der Waals surface area contributed by atoms with Gasteiger partial charge in [0, 0.05) is 38.2 Å². The van der Waals surface area contributed by atoms with Gasteiger partial charge in [0.15, 0.2) is 0 Å². The Morgan fingerprint density at radius 2 is 1.98 bits per heavy atom. The molecule has 1 aromatic carbocycles. The van der Waals surface area contributed by atoms with E-state index >= 15 is 0 Å². The quantitative estimate of drug-likeness (QED) is 0.366. The van der Waals surface area contributed by atoms with Crippen molar-refractivity contribution in [2.45, 2.75) is 39.4 Å². The second kappa shape index (κ2) is 11.5. The molecule has 0 fully saturated rings. The lowest BCUT2D eigenvalue weighted by Crippen LogP contribution is -2.42. The topological polar surface area (TPSA) is 143 Å². The van der Waals surface area contributed by atoms with Gasteiger partial charge in [-0.15, -0.1) is 0 Å². The third-order valence-corrected chi connectivity index (χ3v) is 6.67. The summed E-state index contributed by atoms with van der Waals surface area (Å²) in [6, 6.07) is 8.81. The number of carboxylic acid groups (broad SMARTS) is 1. The van der Waals surface area contributed by atoms with Crippen LogP contribution in [0, 0.1) is 6.92 Å². The number of nitrogens with one attached hydrogen (secondary N) is 1. The lowest BCUT2D eigenvalue weighted by molar-refractivity contribution is -0.136. The van der Waals surface area contributed by atoms with Gasteiger partial charge in [-0.1, -0.05) is 6.07 Å². The van der Waals surface area contributed by atoms with Crippen molar-refractivity contribution < 1.29 is 29.3 Å². The molecule has 0 saturated carbocycles. The highest BCUT2D eigenvalue weighted by atomic mass is 16.5. The van der Waals surface area contributed by atoms with Crippen LogP contribution in [0.2, 0.25) is 0 Å². The Morgan fingerprint density at radius 1 is 1.23 bits per heavy atom. The molecule has 2 aromatic heterocycles. The van der Waals surface area contributed by atoms with Crippen LogP contribution in [0.25, 0.3) is 11.1 Å². The normalized spacial score (nSPS) is 13.0. The number of methoxy groups -OCH3 is 1. The van der Waals surface area contributed by atoms with Crippen molar-refractivity contribution in [3.8, 4) is 16.9 Å². The molecular formula is C29H34N4O7. The minimum absolute atomic E-state index is 0.118. The van der Waals surface area contributed by atoms with Crippen LogP contribution < -0.4 is 20.5 Å². The summed E-state index contributed by atoms with van der Waals surface area (Å²) in [5.41, 5.74) is 1.50. The molecule has 0 atom stereocenters. The van der Waals surface area contributed by atoms with Gasteiger partial charge in [-0.3, -0.25) is 14.4 Å². The van der Waals surface area contributed by atoms with Crippen LogP contribution in [0.4, 0.5) is 11.5 Å². The van der Waals surface area contributed by atoms with Crippen LogP contribution in [0.3, 0.4) is 0 Å². The number of carboxylic acids is 1. The number of carbonyl (C=O) groups excluding carboxylic acids is 1. The average Bonchev–Trinajstić information content (AvgIpc) is 2.87. The molecule has 0 saturated heterocycles. The average molecular weight is 551 g/mol. The fourth-order valence-corrected chi connectivity index (χ4v) is 5.00. The molecule has 1 aliphatic rings. The van der Waals surface area contributed by atoms with Crippen LogP contribution in [0.1, 0.15) is 41.0 Å². The fourth-order valence-electron chi connectivity index (χ4n) is 5.00. The van der Waals surface area contributed by atoms with Crippen LogP contribution in [-0.4, -0.2) is 64.0 Å². The molecule has 3 heterocycles. The zero-order chi connectivity index (χ0) is 29.2. The van der Waals surface area contributed by atoms with Gasteiger partial charge in [0.1, 0.15) is 23.7 Å². The maximum absolute atomic E-state index is 13.5. The number of amides is 1. The van der Waals surface area contributed by atoms with E-state index in [0.29, 0.717) is 48.7 Å². The van der Waals surface area contributed by atoms with Crippen LogP contribution in [-0.2, 0) is 29.6 Å². The van der Waals surface area contributed by atoms with E-state index < -0.39 is 29.5 Å². The smallest absolute Gasteiger partial charge is 0.309 e. The van der Waals surface area contributed by atoms with Crippen LogP contribution >= 0.6 is 0 Å². The molecule has 1 amide bonds. The van der Waals surface area contributed by atoms with E-state index in [1.807, 2.05) is 11.0 Å². The number of ether oxygens (including phenoxy) is 2. The van der Waals surface area contributed by atoms with Gasteiger partial charge in [-0.05, 0) is 61.7 Å². The van der Waals surface area contributed by atoms with E-state index in [1.54, 1.807) is 52.1 Å². The number of anilines is 2. The van der Waals surface area contributed by atoms with E-state index in [0.717, 1.165) is 11.3 Å². The highest BCUT2D eigenvalue weighted by molar-refractivity contribution is 6.06. The van der Waals surface area contributed by atoms with E-state index in [4.69, 9.17) is 9.47 Å². The number of hydrogen-bond donors (Lipinski definition) is 3. The van der Waals surface area contributed by atoms with E-state index in [1.165, 1.54) is 17.8 Å². The van der Waals surface area contributed by atoms with Crippen molar-refractivity contribution in [2.75, 3.05) is 37.0 Å². The van der Waals surface area contributed by atoms with Crippen molar-refractivity contribution in [1.29, 1.82) is 0 Å². The number of hydrogen-bond acceptors (Lipinski definition) is 8. The Labute approximate surface area is 232 Å². The Balaban J connectivity index is 1.86. The molecule has 40 heavy (non-hydrogen) atoms. The Hall–Kier alpha value is -4.22. The summed E-state index contributed by atoms with van der Waals surface area (Å²) in [5.74, 6) is -0.892. The second-order valence-electron chi connectivity index (χ2n) is 10.5. The monoisotopic (exact) mass is 550 g/mol. The highest BCUT2D eigenvalue weighted by Gasteiger charge is 2.28. The second-order valence-corrected chi connectivity index (χ2v) is 10.5. The molecule has 0 radical (unpaired) electrons. The summed E-state index contributed by atoms with van der Waals surface area (Å²) < 4.78 is 12.2. The SMILES string of the molecule is COCc1ccnc(NC(=O)c2c(C)c(-c3ccc4c(c3)N(CC(C)(C)O)CCO4)c(CC(=O)O)n(C)c2=O)c1. The van der Waals surface area contributed by atoms with Crippen molar-refractivity contribution >= 4 is 23.4 Å². The molecule has 4 rings (SSSR count). The van der Waals surface area contributed by atoms with Gasteiger partial charge >= 0.3 is 5.97 Å². The first-order chi connectivity index (χ1) is 18.9. The fraction of sp³-hybridized carbons (Fsp3) is 0.379. The molecule has 0 unspecified atom stereocenters. The molecule has 0 bridgehead atoms. The minimum Gasteiger partial charge on any atom is -0.490 e.